The van der Waals surface area contributed by atoms with E-state index in [4.69, 9.17) is 9.47 Å². The molecule has 2 aromatic carbocycles. The van der Waals surface area contributed by atoms with E-state index in [9.17, 15) is 4.79 Å². The number of carbonyl (C=O) groups excluding carboxylic acids is 1. The summed E-state index contributed by atoms with van der Waals surface area (Å²) in [6.07, 6.45) is 6.49. The number of aromatic nitrogens is 1. The highest BCUT2D eigenvalue weighted by Crippen LogP contribution is 2.37. The van der Waals surface area contributed by atoms with E-state index in [1.165, 1.54) is 6.08 Å². The number of ketones is 1. The molecule has 0 radical (unpaired) electrons. The third-order valence-corrected chi connectivity index (χ3v) is 5.65. The highest BCUT2D eigenvalue weighted by atomic mass is 79.9. The minimum atomic E-state index is -0.102. The van der Waals surface area contributed by atoms with Gasteiger partial charge in [-0.3, -0.25) is 9.78 Å². The molecule has 0 atom stereocenters. The van der Waals surface area contributed by atoms with Crippen LogP contribution in [0.5, 0.6) is 11.5 Å². The Morgan fingerprint density at radius 1 is 1.10 bits per heavy atom. The number of ether oxygens (including phenoxy) is 2. The molecule has 0 fully saturated rings. The van der Waals surface area contributed by atoms with Gasteiger partial charge in [-0.15, -0.1) is 0 Å². The average Bonchev–Trinajstić information content (AvgIpc) is 2.72. The van der Waals surface area contributed by atoms with Crippen LogP contribution in [0.2, 0.25) is 0 Å². The molecule has 29 heavy (non-hydrogen) atoms. The van der Waals surface area contributed by atoms with Crippen molar-refractivity contribution in [1.29, 1.82) is 0 Å². The van der Waals surface area contributed by atoms with E-state index in [1.54, 1.807) is 37.7 Å². The Balaban J connectivity index is 1.79. The Kier molecular flexibility index (Phi) is 7.64. The zero-order valence-corrected chi connectivity index (χ0v) is 20.1. The van der Waals surface area contributed by atoms with Crippen molar-refractivity contribution in [2.45, 2.75) is 6.61 Å². The van der Waals surface area contributed by atoms with E-state index in [-0.39, 0.29) is 5.78 Å². The highest BCUT2D eigenvalue weighted by Gasteiger charge is 2.11. The molecule has 0 saturated heterocycles. The van der Waals surface area contributed by atoms with Gasteiger partial charge in [-0.2, -0.15) is 0 Å². The minimum Gasteiger partial charge on any atom is -0.496 e. The fourth-order valence-electron chi connectivity index (χ4n) is 2.61. The SMILES string of the molecule is COc1ccc(/C=C/C(=O)c2cccnc2)cc1COc1c(Br)cc(Br)cc1Br. The van der Waals surface area contributed by atoms with E-state index in [1.807, 2.05) is 30.3 Å². The van der Waals surface area contributed by atoms with Crippen molar-refractivity contribution in [2.24, 2.45) is 0 Å². The molecule has 0 amide bonds. The fourth-order valence-corrected chi connectivity index (χ4v) is 5.10. The van der Waals surface area contributed by atoms with Crippen LogP contribution in [0.4, 0.5) is 0 Å². The molecule has 0 aliphatic heterocycles. The number of methoxy groups -OCH3 is 1. The van der Waals surface area contributed by atoms with Crippen LogP contribution in [-0.4, -0.2) is 17.9 Å². The lowest BCUT2D eigenvalue weighted by Gasteiger charge is -2.14. The number of pyridine rings is 1. The van der Waals surface area contributed by atoms with Gasteiger partial charge in [-0.25, -0.2) is 0 Å². The summed E-state index contributed by atoms with van der Waals surface area (Å²) in [4.78, 5) is 16.2. The molecule has 148 valence electrons. The van der Waals surface area contributed by atoms with Crippen LogP contribution in [0.15, 0.2) is 74.4 Å². The van der Waals surface area contributed by atoms with Crippen LogP contribution >= 0.6 is 47.8 Å². The number of nitrogens with zero attached hydrogens (tertiary/aromatic N) is 1. The molecule has 0 saturated carbocycles. The number of benzene rings is 2. The van der Waals surface area contributed by atoms with Gasteiger partial charge in [0.1, 0.15) is 18.1 Å². The van der Waals surface area contributed by atoms with Gasteiger partial charge in [-0.1, -0.05) is 28.1 Å². The van der Waals surface area contributed by atoms with E-state index < -0.39 is 0 Å². The molecule has 1 heterocycles. The summed E-state index contributed by atoms with van der Waals surface area (Å²) in [7, 11) is 1.62. The predicted molar refractivity (Wildman–Crippen MR) is 124 cm³/mol. The van der Waals surface area contributed by atoms with Crippen molar-refractivity contribution in [3.05, 3.63) is 91.0 Å². The number of rotatable bonds is 7. The third kappa shape index (κ3) is 5.78. The molecule has 0 N–H and O–H groups in total. The molecule has 1 aromatic heterocycles. The van der Waals surface area contributed by atoms with Crippen molar-refractivity contribution in [3.63, 3.8) is 0 Å². The van der Waals surface area contributed by atoms with Crippen LogP contribution in [-0.2, 0) is 6.61 Å². The molecule has 3 rings (SSSR count). The van der Waals surface area contributed by atoms with Gasteiger partial charge in [0.25, 0.3) is 0 Å². The third-order valence-electron chi connectivity index (χ3n) is 4.01. The molecule has 0 unspecified atom stereocenters. The van der Waals surface area contributed by atoms with Crippen molar-refractivity contribution >= 4 is 59.6 Å². The minimum absolute atomic E-state index is 0.102. The van der Waals surface area contributed by atoms with Crippen molar-refractivity contribution in [2.75, 3.05) is 7.11 Å². The summed E-state index contributed by atoms with van der Waals surface area (Å²) < 4.78 is 14.1. The molecule has 0 aliphatic rings. The topological polar surface area (TPSA) is 48.4 Å². The maximum absolute atomic E-state index is 12.2. The second kappa shape index (κ2) is 10.2. The second-order valence-electron chi connectivity index (χ2n) is 6.00. The molecular weight excluding hydrogens is 566 g/mol. The predicted octanol–water partition coefficient (Wildman–Crippen LogP) is 6.85. The Labute approximate surface area is 194 Å². The maximum atomic E-state index is 12.2. The first-order valence-corrected chi connectivity index (χ1v) is 10.9. The van der Waals surface area contributed by atoms with E-state index in [0.717, 1.165) is 24.5 Å². The van der Waals surface area contributed by atoms with Crippen LogP contribution in [0, 0.1) is 0 Å². The number of carbonyl (C=O) groups is 1. The van der Waals surface area contributed by atoms with Gasteiger partial charge >= 0.3 is 0 Å². The van der Waals surface area contributed by atoms with E-state index in [2.05, 4.69) is 52.8 Å². The van der Waals surface area contributed by atoms with Gasteiger partial charge in [0.15, 0.2) is 5.78 Å². The maximum Gasteiger partial charge on any atom is 0.187 e. The largest absolute Gasteiger partial charge is 0.496 e. The molecule has 0 bridgehead atoms. The summed E-state index contributed by atoms with van der Waals surface area (Å²) in [5.41, 5.74) is 2.28. The zero-order chi connectivity index (χ0) is 20.8. The van der Waals surface area contributed by atoms with Crippen LogP contribution < -0.4 is 9.47 Å². The van der Waals surface area contributed by atoms with Gasteiger partial charge in [0.2, 0.25) is 0 Å². The van der Waals surface area contributed by atoms with Gasteiger partial charge in [0.05, 0.1) is 16.1 Å². The number of halogens is 3. The van der Waals surface area contributed by atoms with Gasteiger partial charge < -0.3 is 9.47 Å². The molecule has 4 nitrogen and oxygen atoms in total. The monoisotopic (exact) mass is 579 g/mol. The second-order valence-corrected chi connectivity index (χ2v) is 8.62. The fraction of sp³-hybridized carbons (Fsp3) is 0.0909. The summed E-state index contributed by atoms with van der Waals surface area (Å²) >= 11 is 10.5. The number of hydrogen-bond donors (Lipinski definition) is 0. The first-order chi connectivity index (χ1) is 14.0. The molecule has 0 aliphatic carbocycles. The Bertz CT molecular complexity index is 1030. The molecule has 7 heteroatoms. The van der Waals surface area contributed by atoms with Crippen LogP contribution in [0.25, 0.3) is 6.08 Å². The summed E-state index contributed by atoms with van der Waals surface area (Å²) in [6.45, 7) is 0.306. The first kappa shape index (κ1) is 21.7. The van der Waals surface area contributed by atoms with Gasteiger partial charge in [0, 0.05) is 28.0 Å². The number of hydrogen-bond acceptors (Lipinski definition) is 4. The molecule has 0 spiro atoms. The quantitative estimate of drug-likeness (QED) is 0.226. The van der Waals surface area contributed by atoms with Crippen LogP contribution in [0.3, 0.4) is 0 Å². The Morgan fingerprint density at radius 3 is 2.52 bits per heavy atom. The molecular formula is C22H16Br3NO3. The Hall–Kier alpha value is -1.96. The average molecular weight is 582 g/mol. The van der Waals surface area contributed by atoms with Crippen molar-refractivity contribution in [1.82, 2.24) is 4.98 Å². The van der Waals surface area contributed by atoms with Gasteiger partial charge in [-0.05, 0) is 79.9 Å². The van der Waals surface area contributed by atoms with E-state index in [0.29, 0.717) is 23.7 Å². The van der Waals surface area contributed by atoms with Crippen molar-refractivity contribution in [3.8, 4) is 11.5 Å². The smallest absolute Gasteiger partial charge is 0.187 e. The Morgan fingerprint density at radius 2 is 1.86 bits per heavy atom. The van der Waals surface area contributed by atoms with Crippen LogP contribution in [0.1, 0.15) is 21.5 Å². The highest BCUT2D eigenvalue weighted by molar-refractivity contribution is 9.11. The lowest BCUT2D eigenvalue weighted by Crippen LogP contribution is -2.00. The summed E-state index contributed by atoms with van der Waals surface area (Å²) in [5.74, 6) is 1.31. The zero-order valence-electron chi connectivity index (χ0n) is 15.4. The van der Waals surface area contributed by atoms with E-state index >= 15 is 0 Å². The standard InChI is InChI=1S/C22H16Br3NO3/c1-28-21-7-5-14(4-6-20(27)15-3-2-8-26-12-15)9-16(21)13-29-22-18(24)10-17(23)11-19(22)25/h2-12H,13H2,1H3/b6-4+. The number of allylic oxidation sites excluding steroid dienone is 1. The summed E-state index contributed by atoms with van der Waals surface area (Å²) in [6, 6.07) is 13.0. The lowest BCUT2D eigenvalue weighted by molar-refractivity contribution is 0.104. The summed E-state index contributed by atoms with van der Waals surface area (Å²) in [5, 5.41) is 0. The first-order valence-electron chi connectivity index (χ1n) is 8.54. The lowest BCUT2D eigenvalue weighted by atomic mass is 10.1. The molecule has 3 aromatic rings. The normalized spacial score (nSPS) is 10.9. The van der Waals surface area contributed by atoms with Crippen molar-refractivity contribution < 1.29 is 14.3 Å².